The van der Waals surface area contributed by atoms with E-state index in [1.165, 1.54) is 48.8 Å². The molecule has 3 heteroatoms. The van der Waals surface area contributed by atoms with Crippen LogP contribution in [0, 0.1) is 11.8 Å². The van der Waals surface area contributed by atoms with Gasteiger partial charge in [0, 0.05) is 24.7 Å². The molecule has 0 amide bonds. The van der Waals surface area contributed by atoms with Gasteiger partial charge in [0.25, 0.3) is 0 Å². The van der Waals surface area contributed by atoms with Gasteiger partial charge in [-0.1, -0.05) is 19.3 Å². The Bertz CT molecular complexity index is 601. The summed E-state index contributed by atoms with van der Waals surface area (Å²) >= 11 is 0. The fourth-order valence-corrected chi connectivity index (χ4v) is 3.54. The first-order valence-electron chi connectivity index (χ1n) is 8.05. The topological polar surface area (TPSA) is 29.9 Å². The highest BCUT2D eigenvalue weighted by Gasteiger charge is 2.36. The summed E-state index contributed by atoms with van der Waals surface area (Å²) in [7, 11) is 0. The third-order valence-electron chi connectivity index (χ3n) is 4.90. The summed E-state index contributed by atoms with van der Waals surface area (Å²) in [6.45, 7) is 3.18. The van der Waals surface area contributed by atoms with Crippen molar-refractivity contribution in [1.29, 1.82) is 0 Å². The lowest BCUT2D eigenvalue weighted by Crippen LogP contribution is -2.16. The Balaban J connectivity index is 1.63. The monoisotopic (exact) mass is 269 g/mol. The van der Waals surface area contributed by atoms with Crippen LogP contribution in [0.2, 0.25) is 0 Å². The Labute approximate surface area is 120 Å². The number of hydrogen-bond donors (Lipinski definition) is 1. The SMILES string of the molecule is c1cc2ccn3c2nc1CNCCCCCC1CC1C3. The van der Waals surface area contributed by atoms with Crippen molar-refractivity contribution in [3.05, 3.63) is 30.1 Å². The quantitative estimate of drug-likeness (QED) is 0.795. The van der Waals surface area contributed by atoms with E-state index in [0.717, 1.165) is 31.5 Å². The van der Waals surface area contributed by atoms with E-state index in [-0.39, 0.29) is 0 Å². The van der Waals surface area contributed by atoms with E-state index in [1.807, 2.05) is 0 Å². The van der Waals surface area contributed by atoms with E-state index in [9.17, 15) is 0 Å². The van der Waals surface area contributed by atoms with E-state index in [2.05, 4.69) is 34.3 Å². The second-order valence-electron chi connectivity index (χ2n) is 6.47. The Hall–Kier alpha value is -1.35. The van der Waals surface area contributed by atoms with Crippen LogP contribution in [-0.2, 0) is 13.1 Å². The van der Waals surface area contributed by atoms with Crippen LogP contribution >= 0.6 is 0 Å². The fraction of sp³-hybridized carbons (Fsp3) is 0.588. The molecule has 1 saturated carbocycles. The largest absolute Gasteiger partial charge is 0.332 e. The van der Waals surface area contributed by atoms with Crippen molar-refractivity contribution in [2.24, 2.45) is 11.8 Å². The van der Waals surface area contributed by atoms with Gasteiger partial charge < -0.3 is 9.88 Å². The van der Waals surface area contributed by atoms with Crippen molar-refractivity contribution in [1.82, 2.24) is 14.9 Å². The van der Waals surface area contributed by atoms with Crippen molar-refractivity contribution in [3.8, 4) is 0 Å². The summed E-state index contributed by atoms with van der Waals surface area (Å²) in [5.41, 5.74) is 2.34. The zero-order chi connectivity index (χ0) is 13.4. The van der Waals surface area contributed by atoms with Crippen molar-refractivity contribution < 1.29 is 0 Å². The van der Waals surface area contributed by atoms with Gasteiger partial charge in [0.2, 0.25) is 0 Å². The molecule has 0 saturated heterocycles. The highest BCUT2D eigenvalue weighted by atomic mass is 15.0. The maximum absolute atomic E-state index is 4.86. The molecule has 0 aromatic carbocycles. The minimum Gasteiger partial charge on any atom is -0.332 e. The first-order chi connectivity index (χ1) is 9.90. The highest BCUT2D eigenvalue weighted by molar-refractivity contribution is 5.76. The molecule has 2 bridgehead atoms. The van der Waals surface area contributed by atoms with Crippen LogP contribution in [0.3, 0.4) is 0 Å². The molecular formula is C17H23N3. The van der Waals surface area contributed by atoms with Gasteiger partial charge in [-0.2, -0.15) is 0 Å². The normalized spacial score (nSPS) is 27.2. The highest BCUT2D eigenvalue weighted by Crippen LogP contribution is 2.43. The predicted octanol–water partition coefficient (Wildman–Crippen LogP) is 3.34. The fourth-order valence-electron chi connectivity index (χ4n) is 3.54. The maximum atomic E-state index is 4.86. The molecular weight excluding hydrogens is 246 g/mol. The van der Waals surface area contributed by atoms with E-state index < -0.39 is 0 Å². The maximum Gasteiger partial charge on any atom is 0.140 e. The molecule has 0 spiro atoms. The molecule has 106 valence electrons. The summed E-state index contributed by atoms with van der Waals surface area (Å²) in [6, 6.07) is 6.58. The molecule has 0 radical (unpaired) electrons. The van der Waals surface area contributed by atoms with Crippen LogP contribution in [0.5, 0.6) is 0 Å². The van der Waals surface area contributed by atoms with E-state index in [1.54, 1.807) is 0 Å². The number of aromatic nitrogens is 2. The zero-order valence-corrected chi connectivity index (χ0v) is 12.0. The number of pyridine rings is 1. The average Bonchev–Trinajstić information content (AvgIpc) is 3.08. The first kappa shape index (κ1) is 12.4. The Morgan fingerprint density at radius 3 is 3.10 bits per heavy atom. The van der Waals surface area contributed by atoms with E-state index in [4.69, 9.17) is 4.98 Å². The molecule has 1 aliphatic carbocycles. The predicted molar refractivity (Wildman–Crippen MR) is 81.5 cm³/mol. The summed E-state index contributed by atoms with van der Waals surface area (Å²) < 4.78 is 2.37. The lowest BCUT2D eigenvalue weighted by Gasteiger charge is -2.09. The molecule has 2 unspecified atom stereocenters. The van der Waals surface area contributed by atoms with Crippen LogP contribution in [0.15, 0.2) is 24.4 Å². The van der Waals surface area contributed by atoms with Gasteiger partial charge in [-0.15, -0.1) is 0 Å². The smallest absolute Gasteiger partial charge is 0.140 e. The lowest BCUT2D eigenvalue weighted by molar-refractivity contribution is 0.521. The zero-order valence-electron chi connectivity index (χ0n) is 12.0. The molecule has 3 nitrogen and oxygen atoms in total. The van der Waals surface area contributed by atoms with Gasteiger partial charge in [-0.05, 0) is 49.4 Å². The third kappa shape index (κ3) is 2.47. The second-order valence-corrected chi connectivity index (χ2v) is 6.47. The van der Waals surface area contributed by atoms with Crippen molar-refractivity contribution in [2.75, 3.05) is 6.54 Å². The molecule has 2 aromatic heterocycles. The standard InChI is InChI=1S/C17H23N3/c1-2-4-14-10-15(14)12-20-9-7-13-5-6-16(19-17(13)20)11-18-8-3-1/h5-7,9,14-15,18H,1-4,8,10-12H2. The number of nitrogens with one attached hydrogen (secondary N) is 1. The number of rotatable bonds is 0. The summed E-state index contributed by atoms with van der Waals surface area (Å²) in [4.78, 5) is 4.86. The molecule has 2 aromatic rings. The van der Waals surface area contributed by atoms with E-state index >= 15 is 0 Å². The minimum atomic E-state index is 0.896. The molecule has 1 aliphatic heterocycles. The van der Waals surface area contributed by atoms with Gasteiger partial charge in [0.05, 0.1) is 5.69 Å². The van der Waals surface area contributed by atoms with Crippen LogP contribution < -0.4 is 5.32 Å². The Kier molecular flexibility index (Phi) is 3.23. The molecule has 1 fully saturated rings. The van der Waals surface area contributed by atoms with Gasteiger partial charge in [0.1, 0.15) is 5.65 Å². The lowest BCUT2D eigenvalue weighted by atomic mass is 10.1. The number of hydrogen-bond acceptors (Lipinski definition) is 2. The molecule has 1 N–H and O–H groups in total. The molecule has 3 heterocycles. The average molecular weight is 269 g/mol. The van der Waals surface area contributed by atoms with Gasteiger partial charge in [-0.25, -0.2) is 4.98 Å². The number of nitrogens with zero attached hydrogens (tertiary/aromatic N) is 2. The second kappa shape index (κ2) is 5.21. The first-order valence-corrected chi connectivity index (χ1v) is 8.05. The van der Waals surface area contributed by atoms with Gasteiger partial charge >= 0.3 is 0 Å². The number of fused-ring (bicyclic) bond motifs is 2. The van der Waals surface area contributed by atoms with Crippen LogP contribution in [-0.4, -0.2) is 16.1 Å². The van der Waals surface area contributed by atoms with Crippen molar-refractivity contribution in [3.63, 3.8) is 0 Å². The third-order valence-corrected chi connectivity index (χ3v) is 4.90. The molecule has 20 heavy (non-hydrogen) atoms. The molecule has 2 aliphatic rings. The Morgan fingerprint density at radius 2 is 2.10 bits per heavy atom. The van der Waals surface area contributed by atoms with Crippen LogP contribution in [0.1, 0.15) is 37.8 Å². The molecule has 4 rings (SSSR count). The van der Waals surface area contributed by atoms with Gasteiger partial charge in [0.15, 0.2) is 0 Å². The van der Waals surface area contributed by atoms with Crippen molar-refractivity contribution in [2.45, 2.75) is 45.2 Å². The summed E-state index contributed by atoms with van der Waals surface area (Å²) in [5.74, 6) is 1.88. The van der Waals surface area contributed by atoms with Crippen LogP contribution in [0.4, 0.5) is 0 Å². The van der Waals surface area contributed by atoms with Gasteiger partial charge in [-0.3, -0.25) is 0 Å². The molecule has 2 atom stereocenters. The summed E-state index contributed by atoms with van der Waals surface area (Å²) in [6.07, 6.45) is 9.16. The summed E-state index contributed by atoms with van der Waals surface area (Å²) in [5, 5.41) is 4.80. The van der Waals surface area contributed by atoms with E-state index in [0.29, 0.717) is 0 Å². The Morgan fingerprint density at radius 1 is 1.10 bits per heavy atom. The van der Waals surface area contributed by atoms with Crippen molar-refractivity contribution >= 4 is 11.0 Å². The van der Waals surface area contributed by atoms with Crippen LogP contribution in [0.25, 0.3) is 11.0 Å². The minimum absolute atomic E-state index is 0.896.